The molecule has 0 heterocycles. The summed E-state index contributed by atoms with van der Waals surface area (Å²) in [5.74, 6) is -4.75. The van der Waals surface area contributed by atoms with Crippen molar-refractivity contribution in [1.29, 1.82) is 0 Å². The topological polar surface area (TPSA) is 119 Å². The number of halogens is 2. The van der Waals surface area contributed by atoms with E-state index in [1.165, 1.54) is 48.5 Å². The summed E-state index contributed by atoms with van der Waals surface area (Å²) in [4.78, 5) is 50.7. The van der Waals surface area contributed by atoms with Gasteiger partial charge in [0.1, 0.15) is 0 Å². The van der Waals surface area contributed by atoms with Crippen LogP contribution in [0.4, 0.5) is 5.69 Å². The van der Waals surface area contributed by atoms with Crippen molar-refractivity contribution in [2.75, 3.05) is 5.32 Å². The second-order valence-corrected chi connectivity index (χ2v) is 8.68. The summed E-state index contributed by atoms with van der Waals surface area (Å²) in [5.41, 5.74) is 2.00. The Kier molecular flexibility index (Phi) is 8.68. The highest BCUT2D eigenvalue weighted by Crippen LogP contribution is 2.20. The maximum atomic E-state index is 13.2. The van der Waals surface area contributed by atoms with Gasteiger partial charge in [0.15, 0.2) is 0 Å². The van der Waals surface area contributed by atoms with Crippen LogP contribution in [-0.2, 0) is 19.1 Å². The number of aliphatic carboxylic acids is 1. The first-order chi connectivity index (χ1) is 17.0. The molecule has 0 unspecified atom stereocenters. The number of hydrogen-bond donors (Lipinski definition) is 2. The lowest BCUT2D eigenvalue weighted by molar-refractivity contribution is -0.157. The molecule has 0 spiro atoms. The van der Waals surface area contributed by atoms with E-state index in [0.29, 0.717) is 21.3 Å². The monoisotopic (exact) mass is 529 g/mol. The lowest BCUT2D eigenvalue weighted by Gasteiger charge is -2.24. The maximum absolute atomic E-state index is 13.2. The lowest BCUT2D eigenvalue weighted by atomic mass is 10.1. The number of carbonyl (C=O) groups is 4. The highest BCUT2D eigenvalue weighted by atomic mass is 35.5. The molecule has 0 saturated heterocycles. The summed E-state index contributed by atoms with van der Waals surface area (Å²) in [5, 5.41) is 13.1. The summed E-state index contributed by atoms with van der Waals surface area (Å²) in [6.07, 6.45) is -4.18. The fourth-order valence-corrected chi connectivity index (χ4v) is 3.44. The number of rotatable bonds is 8. The van der Waals surface area contributed by atoms with Gasteiger partial charge in [0.05, 0.1) is 11.1 Å². The average molecular weight is 530 g/mol. The van der Waals surface area contributed by atoms with Crippen molar-refractivity contribution in [3.8, 4) is 0 Å². The molecule has 1 amide bonds. The van der Waals surface area contributed by atoms with Gasteiger partial charge in [0, 0.05) is 15.7 Å². The highest BCUT2D eigenvalue weighted by molar-refractivity contribution is 6.31. The van der Waals surface area contributed by atoms with Crippen LogP contribution in [0, 0.1) is 13.8 Å². The molecule has 0 bridgehead atoms. The van der Waals surface area contributed by atoms with Crippen LogP contribution >= 0.6 is 23.2 Å². The van der Waals surface area contributed by atoms with E-state index in [0.717, 1.165) is 5.56 Å². The van der Waals surface area contributed by atoms with Gasteiger partial charge in [-0.3, -0.25) is 4.79 Å². The molecule has 2 N–H and O–H groups in total. The second kappa shape index (κ2) is 11.7. The Morgan fingerprint density at radius 1 is 0.750 bits per heavy atom. The maximum Gasteiger partial charge on any atom is 0.349 e. The second-order valence-electron chi connectivity index (χ2n) is 7.81. The Labute approximate surface area is 216 Å². The molecule has 3 rings (SSSR count). The number of carbonyl (C=O) groups excluding carboxylic acids is 3. The molecule has 0 radical (unpaired) electrons. The first-order valence-corrected chi connectivity index (χ1v) is 11.3. The van der Waals surface area contributed by atoms with Gasteiger partial charge in [-0.05, 0) is 74.0 Å². The minimum atomic E-state index is -2.16. The van der Waals surface area contributed by atoms with Gasteiger partial charge in [-0.1, -0.05) is 40.9 Å². The molecule has 0 aliphatic rings. The molecule has 10 heteroatoms. The third-order valence-corrected chi connectivity index (χ3v) is 5.55. The fourth-order valence-electron chi connectivity index (χ4n) is 3.19. The van der Waals surface area contributed by atoms with Crippen molar-refractivity contribution in [3.05, 3.63) is 99.0 Å². The summed E-state index contributed by atoms with van der Waals surface area (Å²) in [6, 6.07) is 16.2. The van der Waals surface area contributed by atoms with E-state index in [9.17, 15) is 24.3 Å². The zero-order valence-electron chi connectivity index (χ0n) is 19.2. The zero-order valence-corrected chi connectivity index (χ0v) is 20.7. The van der Waals surface area contributed by atoms with Crippen molar-refractivity contribution in [2.45, 2.75) is 26.1 Å². The lowest BCUT2D eigenvalue weighted by Crippen LogP contribution is -2.48. The van der Waals surface area contributed by atoms with Crippen molar-refractivity contribution in [3.63, 3.8) is 0 Å². The molecule has 8 nitrogen and oxygen atoms in total. The normalized spacial score (nSPS) is 12.2. The van der Waals surface area contributed by atoms with E-state index >= 15 is 0 Å². The van der Waals surface area contributed by atoms with Gasteiger partial charge >= 0.3 is 17.9 Å². The summed E-state index contributed by atoms with van der Waals surface area (Å²) < 4.78 is 10.4. The summed E-state index contributed by atoms with van der Waals surface area (Å²) in [6.45, 7) is 3.61. The van der Waals surface area contributed by atoms with E-state index in [4.69, 9.17) is 32.7 Å². The minimum absolute atomic E-state index is 0.0109. The number of esters is 2. The number of ether oxygens (including phenoxy) is 2. The van der Waals surface area contributed by atoms with Crippen LogP contribution in [0.1, 0.15) is 31.8 Å². The van der Waals surface area contributed by atoms with Crippen molar-refractivity contribution < 1.29 is 33.8 Å². The van der Waals surface area contributed by atoms with Crippen LogP contribution in [0.15, 0.2) is 66.7 Å². The van der Waals surface area contributed by atoms with E-state index in [1.54, 1.807) is 25.1 Å². The third-order valence-electron chi connectivity index (χ3n) is 5.04. The number of hydrogen-bond acceptors (Lipinski definition) is 6. The summed E-state index contributed by atoms with van der Waals surface area (Å²) >= 11 is 11.7. The molecule has 3 aromatic carbocycles. The number of carboxylic acid groups (broad SMARTS) is 1. The fraction of sp³-hybridized carbons (Fsp3) is 0.154. The van der Waals surface area contributed by atoms with Gasteiger partial charge in [-0.2, -0.15) is 0 Å². The molecule has 3 aromatic rings. The molecule has 0 saturated carbocycles. The van der Waals surface area contributed by atoms with Gasteiger partial charge in [0.2, 0.25) is 12.2 Å². The number of anilines is 1. The van der Waals surface area contributed by atoms with Gasteiger partial charge in [0.25, 0.3) is 5.91 Å². The van der Waals surface area contributed by atoms with Crippen molar-refractivity contribution in [2.24, 2.45) is 0 Å². The highest BCUT2D eigenvalue weighted by Gasteiger charge is 2.41. The Morgan fingerprint density at radius 3 is 1.67 bits per heavy atom. The molecule has 36 heavy (non-hydrogen) atoms. The van der Waals surface area contributed by atoms with E-state index in [-0.39, 0.29) is 11.1 Å². The zero-order chi connectivity index (χ0) is 26.4. The number of amides is 1. The predicted molar refractivity (Wildman–Crippen MR) is 133 cm³/mol. The van der Waals surface area contributed by atoms with Crippen molar-refractivity contribution in [1.82, 2.24) is 0 Å². The van der Waals surface area contributed by atoms with Crippen LogP contribution < -0.4 is 5.32 Å². The Bertz CT molecular complexity index is 1290. The molecular formula is C26H21Cl2NO7. The van der Waals surface area contributed by atoms with Gasteiger partial charge in [-0.25, -0.2) is 14.4 Å². The average Bonchev–Trinajstić information content (AvgIpc) is 2.83. The molecule has 2 atom stereocenters. The number of nitrogens with one attached hydrogen (secondary N) is 1. The first kappa shape index (κ1) is 26.7. The molecule has 186 valence electrons. The van der Waals surface area contributed by atoms with E-state index < -0.39 is 36.0 Å². The van der Waals surface area contributed by atoms with E-state index in [2.05, 4.69) is 5.32 Å². The van der Waals surface area contributed by atoms with Gasteiger partial charge in [-0.15, -0.1) is 0 Å². The molecule has 0 aliphatic heterocycles. The number of carboxylic acids is 1. The number of aryl methyl sites for hydroxylation is 2. The standard InChI is InChI=1S/C26H21Cl2NO7/c1-14-3-12-20(15(2)13-14)29-23(30)21(35-25(33)16-4-8-18(27)9-5-16)22(24(31)32)36-26(34)17-6-10-19(28)11-7-17/h3-13,21-22H,1-2H3,(H,29,30)(H,31,32)/t21-,22+/m0/s1. The SMILES string of the molecule is Cc1ccc(NC(=O)[C@@H](OC(=O)c2ccc(Cl)cc2)[C@@H](OC(=O)c2ccc(Cl)cc2)C(=O)O)c(C)c1. The Hall–Kier alpha value is -3.88. The molecular weight excluding hydrogens is 509 g/mol. The van der Waals surface area contributed by atoms with Crippen molar-refractivity contribution >= 4 is 52.7 Å². The van der Waals surface area contributed by atoms with E-state index in [1.807, 2.05) is 6.92 Å². The smallest absolute Gasteiger partial charge is 0.349 e. The molecule has 0 fully saturated rings. The Morgan fingerprint density at radius 2 is 1.22 bits per heavy atom. The van der Waals surface area contributed by atoms with Crippen LogP contribution in [-0.4, -0.2) is 41.1 Å². The first-order valence-electron chi connectivity index (χ1n) is 10.6. The van der Waals surface area contributed by atoms with Crippen LogP contribution in [0.2, 0.25) is 10.0 Å². The molecule has 0 aromatic heterocycles. The van der Waals surface area contributed by atoms with Crippen LogP contribution in [0.25, 0.3) is 0 Å². The number of benzene rings is 3. The molecule has 0 aliphatic carbocycles. The Balaban J connectivity index is 1.92. The van der Waals surface area contributed by atoms with Crippen LogP contribution in [0.5, 0.6) is 0 Å². The quantitative estimate of drug-likeness (QED) is 0.390. The summed E-state index contributed by atoms with van der Waals surface area (Å²) in [7, 11) is 0. The minimum Gasteiger partial charge on any atom is -0.478 e. The van der Waals surface area contributed by atoms with Gasteiger partial charge < -0.3 is 19.9 Å². The van der Waals surface area contributed by atoms with Crippen LogP contribution in [0.3, 0.4) is 0 Å². The third kappa shape index (κ3) is 6.84. The predicted octanol–water partition coefficient (Wildman–Crippen LogP) is 5.08. The largest absolute Gasteiger partial charge is 0.478 e.